The standard InChI is InChI=1S/C14H17NO3/c1-4-18-9-5-10(8(2)3)11-7-13(14(16)17)15-12(11)6-9/h5-8,15H,4H2,1-3H3,(H,16,17). The maximum Gasteiger partial charge on any atom is 0.352 e. The van der Waals surface area contributed by atoms with Gasteiger partial charge in [-0.2, -0.15) is 0 Å². The molecule has 4 heteroatoms. The van der Waals surface area contributed by atoms with Crippen LogP contribution in [0.4, 0.5) is 0 Å². The molecule has 1 heterocycles. The Kier molecular flexibility index (Phi) is 3.28. The van der Waals surface area contributed by atoms with E-state index in [0.717, 1.165) is 22.2 Å². The molecule has 2 rings (SSSR count). The highest BCUT2D eigenvalue weighted by molar-refractivity contribution is 5.95. The first-order chi connectivity index (χ1) is 8.52. The minimum Gasteiger partial charge on any atom is -0.494 e. The molecule has 0 amide bonds. The second-order valence-electron chi connectivity index (χ2n) is 4.55. The minimum atomic E-state index is -0.945. The van der Waals surface area contributed by atoms with Crippen molar-refractivity contribution in [3.05, 3.63) is 29.5 Å². The van der Waals surface area contributed by atoms with E-state index in [-0.39, 0.29) is 5.69 Å². The minimum absolute atomic E-state index is 0.209. The van der Waals surface area contributed by atoms with Crippen LogP contribution in [0.1, 0.15) is 42.7 Å². The summed E-state index contributed by atoms with van der Waals surface area (Å²) < 4.78 is 5.51. The third-order valence-electron chi connectivity index (χ3n) is 2.91. The van der Waals surface area contributed by atoms with Crippen LogP contribution in [0.2, 0.25) is 0 Å². The SMILES string of the molecule is CCOc1cc(C(C)C)c2cc(C(=O)O)[nH]c2c1. The second kappa shape index (κ2) is 4.72. The van der Waals surface area contributed by atoms with Crippen LogP contribution in [0.15, 0.2) is 18.2 Å². The number of nitrogens with one attached hydrogen (secondary N) is 1. The summed E-state index contributed by atoms with van der Waals surface area (Å²) in [6.07, 6.45) is 0. The summed E-state index contributed by atoms with van der Waals surface area (Å²) in [7, 11) is 0. The van der Waals surface area contributed by atoms with Crippen molar-refractivity contribution >= 4 is 16.9 Å². The predicted molar refractivity (Wildman–Crippen MR) is 70.5 cm³/mol. The number of fused-ring (bicyclic) bond motifs is 1. The average molecular weight is 247 g/mol. The number of carboxylic acid groups (broad SMARTS) is 1. The van der Waals surface area contributed by atoms with E-state index >= 15 is 0 Å². The van der Waals surface area contributed by atoms with Gasteiger partial charge in [0.25, 0.3) is 0 Å². The van der Waals surface area contributed by atoms with Crippen molar-refractivity contribution < 1.29 is 14.6 Å². The van der Waals surface area contributed by atoms with Crippen molar-refractivity contribution in [2.45, 2.75) is 26.7 Å². The van der Waals surface area contributed by atoms with Crippen LogP contribution < -0.4 is 4.74 Å². The smallest absolute Gasteiger partial charge is 0.352 e. The summed E-state index contributed by atoms with van der Waals surface area (Å²) in [6, 6.07) is 5.51. The molecule has 0 spiro atoms. The molecule has 0 unspecified atom stereocenters. The molecule has 4 nitrogen and oxygen atoms in total. The van der Waals surface area contributed by atoms with Crippen LogP contribution in [0.5, 0.6) is 5.75 Å². The van der Waals surface area contributed by atoms with E-state index in [0.29, 0.717) is 12.5 Å². The number of H-pyrrole nitrogens is 1. The van der Waals surface area contributed by atoms with Crippen LogP contribution in [-0.2, 0) is 0 Å². The lowest BCUT2D eigenvalue weighted by Gasteiger charge is -2.10. The van der Waals surface area contributed by atoms with Gasteiger partial charge in [0, 0.05) is 11.5 Å². The fraction of sp³-hybridized carbons (Fsp3) is 0.357. The normalized spacial score (nSPS) is 11.1. The third-order valence-corrected chi connectivity index (χ3v) is 2.91. The number of aromatic nitrogens is 1. The second-order valence-corrected chi connectivity index (χ2v) is 4.55. The highest BCUT2D eigenvalue weighted by Gasteiger charge is 2.14. The lowest BCUT2D eigenvalue weighted by Crippen LogP contribution is -1.95. The number of hydrogen-bond donors (Lipinski definition) is 2. The van der Waals surface area contributed by atoms with E-state index in [1.54, 1.807) is 6.07 Å². The predicted octanol–water partition coefficient (Wildman–Crippen LogP) is 3.39. The first kappa shape index (κ1) is 12.5. The van der Waals surface area contributed by atoms with Crippen molar-refractivity contribution in [1.82, 2.24) is 4.98 Å². The van der Waals surface area contributed by atoms with Gasteiger partial charge >= 0.3 is 5.97 Å². The fourth-order valence-corrected chi connectivity index (χ4v) is 2.08. The molecule has 0 aliphatic heterocycles. The maximum absolute atomic E-state index is 11.0. The van der Waals surface area contributed by atoms with Crippen molar-refractivity contribution in [3.8, 4) is 5.75 Å². The molecule has 0 radical (unpaired) electrons. The van der Waals surface area contributed by atoms with Gasteiger partial charge in [-0.15, -0.1) is 0 Å². The van der Waals surface area contributed by atoms with E-state index in [9.17, 15) is 4.79 Å². The molecule has 0 fully saturated rings. The Balaban J connectivity index is 2.65. The first-order valence-electron chi connectivity index (χ1n) is 6.05. The van der Waals surface area contributed by atoms with Crippen LogP contribution in [0, 0.1) is 0 Å². The molecule has 0 aliphatic carbocycles. The fourth-order valence-electron chi connectivity index (χ4n) is 2.08. The Morgan fingerprint density at radius 1 is 1.39 bits per heavy atom. The zero-order valence-corrected chi connectivity index (χ0v) is 10.8. The Morgan fingerprint density at radius 3 is 2.67 bits per heavy atom. The summed E-state index contributed by atoms with van der Waals surface area (Å²) >= 11 is 0. The Morgan fingerprint density at radius 2 is 2.11 bits per heavy atom. The van der Waals surface area contributed by atoms with Gasteiger partial charge in [-0.25, -0.2) is 4.79 Å². The number of benzene rings is 1. The Bertz CT molecular complexity index is 584. The molecule has 1 aromatic heterocycles. The highest BCUT2D eigenvalue weighted by Crippen LogP contribution is 2.31. The van der Waals surface area contributed by atoms with Gasteiger partial charge in [0.15, 0.2) is 0 Å². The van der Waals surface area contributed by atoms with Crippen molar-refractivity contribution in [2.24, 2.45) is 0 Å². The van der Waals surface area contributed by atoms with Gasteiger partial charge in [-0.1, -0.05) is 13.8 Å². The van der Waals surface area contributed by atoms with Crippen molar-refractivity contribution in [3.63, 3.8) is 0 Å². The molecule has 2 aromatic rings. The molecule has 1 aromatic carbocycles. The number of ether oxygens (including phenoxy) is 1. The lowest BCUT2D eigenvalue weighted by atomic mass is 9.99. The number of rotatable bonds is 4. The van der Waals surface area contributed by atoms with E-state index in [1.807, 2.05) is 19.1 Å². The van der Waals surface area contributed by atoms with Crippen LogP contribution >= 0.6 is 0 Å². The quantitative estimate of drug-likeness (QED) is 0.870. The summed E-state index contributed by atoms with van der Waals surface area (Å²) in [6.45, 7) is 6.68. The molecule has 0 saturated carbocycles. The van der Waals surface area contributed by atoms with Crippen LogP contribution in [0.25, 0.3) is 10.9 Å². The van der Waals surface area contributed by atoms with E-state index in [4.69, 9.17) is 9.84 Å². The van der Waals surface area contributed by atoms with E-state index in [1.165, 1.54) is 0 Å². The summed E-state index contributed by atoms with van der Waals surface area (Å²) in [4.78, 5) is 13.9. The number of carbonyl (C=O) groups is 1. The maximum atomic E-state index is 11.0. The van der Waals surface area contributed by atoms with Gasteiger partial charge in [0.2, 0.25) is 0 Å². The molecule has 18 heavy (non-hydrogen) atoms. The molecule has 0 bridgehead atoms. The number of hydrogen-bond acceptors (Lipinski definition) is 2. The molecule has 0 atom stereocenters. The molecule has 2 N–H and O–H groups in total. The molecule has 0 saturated heterocycles. The van der Waals surface area contributed by atoms with Crippen LogP contribution in [0.3, 0.4) is 0 Å². The van der Waals surface area contributed by atoms with Crippen molar-refractivity contribution in [1.29, 1.82) is 0 Å². The Hall–Kier alpha value is -1.97. The zero-order valence-electron chi connectivity index (χ0n) is 10.8. The largest absolute Gasteiger partial charge is 0.494 e. The van der Waals surface area contributed by atoms with Gasteiger partial charge < -0.3 is 14.8 Å². The molecular weight excluding hydrogens is 230 g/mol. The Labute approximate surface area is 106 Å². The van der Waals surface area contributed by atoms with Crippen molar-refractivity contribution in [2.75, 3.05) is 6.61 Å². The monoisotopic (exact) mass is 247 g/mol. The lowest BCUT2D eigenvalue weighted by molar-refractivity contribution is 0.0691. The van der Waals surface area contributed by atoms with Gasteiger partial charge in [0.1, 0.15) is 11.4 Å². The highest BCUT2D eigenvalue weighted by atomic mass is 16.5. The van der Waals surface area contributed by atoms with Gasteiger partial charge in [-0.05, 0) is 30.5 Å². The molecular formula is C14H17NO3. The third kappa shape index (κ3) is 2.18. The first-order valence-corrected chi connectivity index (χ1v) is 6.05. The summed E-state index contributed by atoms with van der Waals surface area (Å²) in [5.41, 5.74) is 2.11. The molecule has 96 valence electrons. The van der Waals surface area contributed by atoms with Gasteiger partial charge in [0.05, 0.1) is 12.1 Å². The summed E-state index contributed by atoms with van der Waals surface area (Å²) in [5, 5.41) is 9.98. The molecule has 0 aliphatic rings. The van der Waals surface area contributed by atoms with Gasteiger partial charge in [-0.3, -0.25) is 0 Å². The number of carboxylic acids is 1. The average Bonchev–Trinajstić information content (AvgIpc) is 2.71. The van der Waals surface area contributed by atoms with E-state index < -0.39 is 5.97 Å². The topological polar surface area (TPSA) is 62.3 Å². The van der Waals surface area contributed by atoms with E-state index in [2.05, 4.69) is 18.8 Å². The number of aromatic carboxylic acids is 1. The number of aromatic amines is 1. The zero-order chi connectivity index (χ0) is 13.3. The summed E-state index contributed by atoms with van der Waals surface area (Å²) in [5.74, 6) is 0.136. The van der Waals surface area contributed by atoms with Crippen LogP contribution in [-0.4, -0.2) is 22.7 Å².